The molecule has 0 aliphatic rings. The molecule has 0 bridgehead atoms. The number of nitrogens with zero attached hydrogens (tertiary/aromatic N) is 5. The van der Waals surface area contributed by atoms with Crippen molar-refractivity contribution in [1.29, 1.82) is 0 Å². The Kier molecular flexibility index (Phi) is 6.54. The molecule has 0 aliphatic heterocycles. The van der Waals surface area contributed by atoms with Gasteiger partial charge in [-0.25, -0.2) is 4.98 Å². The third-order valence-corrected chi connectivity index (χ3v) is 8.54. The Morgan fingerprint density at radius 1 is 0.927 bits per heavy atom. The molecule has 41 heavy (non-hydrogen) atoms. The summed E-state index contributed by atoms with van der Waals surface area (Å²) in [7, 11) is 1.63. The normalized spacial score (nSPS) is 11.3. The highest BCUT2D eigenvalue weighted by Gasteiger charge is 2.20. The zero-order chi connectivity index (χ0) is 27.8. The molecule has 7 aromatic rings. The van der Waals surface area contributed by atoms with Crippen molar-refractivity contribution < 1.29 is 9.53 Å². The van der Waals surface area contributed by atoms with Gasteiger partial charge in [0.2, 0.25) is 5.91 Å². The van der Waals surface area contributed by atoms with Gasteiger partial charge in [-0.3, -0.25) is 14.3 Å². The lowest BCUT2D eigenvalue weighted by atomic mass is 10.1. The zero-order valence-electron chi connectivity index (χ0n) is 21.8. The molecule has 3 heterocycles. The van der Waals surface area contributed by atoms with Crippen molar-refractivity contribution in [3.8, 4) is 22.8 Å². The molecule has 4 aromatic carbocycles. The van der Waals surface area contributed by atoms with E-state index in [1.165, 1.54) is 23.1 Å². The maximum Gasteiger partial charge on any atom is 0.236 e. The van der Waals surface area contributed by atoms with E-state index in [-0.39, 0.29) is 11.7 Å². The van der Waals surface area contributed by atoms with Crippen LogP contribution in [0.4, 0.5) is 5.13 Å². The van der Waals surface area contributed by atoms with Crippen LogP contribution in [0, 0.1) is 0 Å². The molecule has 3 aromatic heterocycles. The van der Waals surface area contributed by atoms with Crippen LogP contribution >= 0.6 is 23.1 Å². The second kappa shape index (κ2) is 10.6. The summed E-state index contributed by atoms with van der Waals surface area (Å²) in [4.78, 5) is 22.0. The topological polar surface area (TPSA) is 94.8 Å². The second-order valence-electron chi connectivity index (χ2n) is 9.24. The first-order valence-electron chi connectivity index (χ1n) is 12.8. The van der Waals surface area contributed by atoms with Crippen LogP contribution in [0.2, 0.25) is 0 Å². The van der Waals surface area contributed by atoms with Gasteiger partial charge in [0.1, 0.15) is 5.75 Å². The summed E-state index contributed by atoms with van der Waals surface area (Å²) in [5.74, 6) is 1.41. The Hall–Kier alpha value is -4.80. The fraction of sp³-hybridized carbons (Fsp3) is 0.0645. The number of rotatable bonds is 7. The first kappa shape index (κ1) is 25.2. The summed E-state index contributed by atoms with van der Waals surface area (Å²) in [6, 6.07) is 30.0. The van der Waals surface area contributed by atoms with Gasteiger partial charge in [-0.05, 0) is 53.9 Å². The summed E-state index contributed by atoms with van der Waals surface area (Å²) in [5, 5.41) is 16.4. The lowest BCUT2D eigenvalue weighted by molar-refractivity contribution is -0.113. The molecule has 0 fully saturated rings. The molecule has 1 N–H and O–H groups in total. The van der Waals surface area contributed by atoms with Crippen molar-refractivity contribution in [3.05, 3.63) is 97.2 Å². The Morgan fingerprint density at radius 2 is 1.78 bits per heavy atom. The summed E-state index contributed by atoms with van der Waals surface area (Å²) in [6.07, 6.45) is 1.78. The van der Waals surface area contributed by atoms with Crippen molar-refractivity contribution in [2.45, 2.75) is 5.16 Å². The van der Waals surface area contributed by atoms with Crippen molar-refractivity contribution >= 4 is 66.0 Å². The van der Waals surface area contributed by atoms with Crippen molar-refractivity contribution in [2.24, 2.45) is 0 Å². The number of pyridine rings is 1. The first-order chi connectivity index (χ1) is 20.2. The monoisotopic (exact) mass is 574 g/mol. The van der Waals surface area contributed by atoms with Crippen LogP contribution in [0.15, 0.2) is 102 Å². The quantitative estimate of drug-likeness (QED) is 0.205. The van der Waals surface area contributed by atoms with E-state index in [2.05, 4.69) is 55.8 Å². The number of anilines is 1. The molecule has 10 heteroatoms. The van der Waals surface area contributed by atoms with Crippen LogP contribution in [0.25, 0.3) is 49.0 Å². The third kappa shape index (κ3) is 4.88. The van der Waals surface area contributed by atoms with E-state index >= 15 is 0 Å². The molecule has 0 unspecified atom stereocenters. The molecular formula is C31H22N6O2S2. The Bertz CT molecular complexity index is 2060. The molecule has 7 rings (SSSR count). The van der Waals surface area contributed by atoms with Gasteiger partial charge in [-0.1, -0.05) is 65.6 Å². The van der Waals surface area contributed by atoms with E-state index in [1.807, 2.05) is 65.2 Å². The molecule has 1 amide bonds. The van der Waals surface area contributed by atoms with E-state index in [1.54, 1.807) is 13.3 Å². The van der Waals surface area contributed by atoms with Crippen LogP contribution in [-0.4, -0.2) is 43.5 Å². The molecule has 8 nitrogen and oxygen atoms in total. The lowest BCUT2D eigenvalue weighted by Crippen LogP contribution is -2.14. The van der Waals surface area contributed by atoms with E-state index in [4.69, 9.17) is 4.74 Å². The van der Waals surface area contributed by atoms with E-state index in [9.17, 15) is 4.79 Å². The number of ether oxygens (including phenoxy) is 1. The molecule has 0 saturated carbocycles. The summed E-state index contributed by atoms with van der Waals surface area (Å²) >= 11 is 2.74. The number of thiazole rings is 1. The minimum atomic E-state index is -0.174. The number of thioether (sulfide) groups is 1. The summed E-state index contributed by atoms with van der Waals surface area (Å²) in [6.45, 7) is 0. The summed E-state index contributed by atoms with van der Waals surface area (Å²) in [5.41, 5.74) is 3.57. The number of carbonyl (C=O) groups is 1. The highest BCUT2D eigenvalue weighted by Crippen LogP contribution is 2.33. The fourth-order valence-corrected chi connectivity index (χ4v) is 6.41. The minimum Gasteiger partial charge on any atom is -0.497 e. The number of nitrogens with one attached hydrogen (secondary N) is 1. The van der Waals surface area contributed by atoms with Gasteiger partial charge >= 0.3 is 0 Å². The fourth-order valence-electron chi connectivity index (χ4n) is 4.76. The van der Waals surface area contributed by atoms with Crippen molar-refractivity contribution in [2.75, 3.05) is 18.2 Å². The maximum atomic E-state index is 13.0. The first-order valence-corrected chi connectivity index (χ1v) is 14.6. The average molecular weight is 575 g/mol. The van der Waals surface area contributed by atoms with Gasteiger partial charge in [0.25, 0.3) is 0 Å². The van der Waals surface area contributed by atoms with Crippen LogP contribution in [0.1, 0.15) is 0 Å². The molecule has 200 valence electrons. The highest BCUT2D eigenvalue weighted by molar-refractivity contribution is 7.99. The number of benzene rings is 4. The number of fused-ring (bicyclic) bond motifs is 3. The summed E-state index contributed by atoms with van der Waals surface area (Å²) < 4.78 is 8.27. The molecule has 0 spiro atoms. The number of aromatic nitrogens is 5. The molecule has 0 saturated heterocycles. The van der Waals surface area contributed by atoms with Crippen LogP contribution in [-0.2, 0) is 4.79 Å². The van der Waals surface area contributed by atoms with Gasteiger partial charge in [0.05, 0.1) is 34.3 Å². The predicted molar refractivity (Wildman–Crippen MR) is 165 cm³/mol. The SMILES string of the molecule is COc1ccc2nc(NC(=O)CSc3nnc(-c4ccc5ncccc5c4)n3-c3cccc4ccccc34)sc2c1. The Labute approximate surface area is 243 Å². The minimum absolute atomic E-state index is 0.143. The Balaban J connectivity index is 1.23. The number of methoxy groups -OCH3 is 1. The number of hydrogen-bond donors (Lipinski definition) is 1. The van der Waals surface area contributed by atoms with Crippen LogP contribution in [0.5, 0.6) is 5.75 Å². The van der Waals surface area contributed by atoms with E-state index in [0.717, 1.165) is 48.9 Å². The standard InChI is InChI=1S/C31H22N6O2S2/c1-39-22-12-14-25-27(17-22)41-30(33-25)34-28(38)18-40-31-36-35-29(21-11-13-24-20(16-21)8-5-15-32-24)37(31)26-10-4-7-19-6-2-3-9-23(19)26/h2-17H,18H2,1H3,(H,33,34,38). The van der Waals surface area contributed by atoms with Gasteiger partial charge < -0.3 is 10.1 Å². The molecular weight excluding hydrogens is 553 g/mol. The van der Waals surface area contributed by atoms with Crippen molar-refractivity contribution in [3.63, 3.8) is 0 Å². The largest absolute Gasteiger partial charge is 0.497 e. The third-order valence-electron chi connectivity index (χ3n) is 6.68. The van der Waals surface area contributed by atoms with Gasteiger partial charge in [-0.2, -0.15) is 0 Å². The van der Waals surface area contributed by atoms with Gasteiger partial charge in [0.15, 0.2) is 16.1 Å². The number of carbonyl (C=O) groups excluding carboxylic acids is 1. The Morgan fingerprint density at radius 3 is 2.71 bits per heavy atom. The van der Waals surface area contributed by atoms with Crippen LogP contribution in [0.3, 0.4) is 0 Å². The molecule has 0 aliphatic carbocycles. The molecule has 0 atom stereocenters. The van der Waals surface area contributed by atoms with Gasteiger partial charge in [-0.15, -0.1) is 10.2 Å². The van der Waals surface area contributed by atoms with E-state index in [0.29, 0.717) is 16.1 Å². The highest BCUT2D eigenvalue weighted by atomic mass is 32.2. The average Bonchev–Trinajstić information content (AvgIpc) is 3.62. The van der Waals surface area contributed by atoms with Gasteiger partial charge in [0, 0.05) is 22.5 Å². The molecule has 0 radical (unpaired) electrons. The zero-order valence-corrected chi connectivity index (χ0v) is 23.4. The predicted octanol–water partition coefficient (Wildman–Crippen LogP) is 6.98. The lowest BCUT2D eigenvalue weighted by Gasteiger charge is -2.13. The van der Waals surface area contributed by atoms with Crippen LogP contribution < -0.4 is 10.1 Å². The number of hydrogen-bond acceptors (Lipinski definition) is 8. The number of amides is 1. The van der Waals surface area contributed by atoms with Crippen molar-refractivity contribution in [1.82, 2.24) is 24.7 Å². The second-order valence-corrected chi connectivity index (χ2v) is 11.2. The van der Waals surface area contributed by atoms with E-state index < -0.39 is 0 Å². The smallest absolute Gasteiger partial charge is 0.236 e. The maximum absolute atomic E-state index is 13.0.